The summed E-state index contributed by atoms with van der Waals surface area (Å²) in [6, 6.07) is 15.8. The Kier molecular flexibility index (Phi) is 3.80. The van der Waals surface area contributed by atoms with Gasteiger partial charge in [-0.2, -0.15) is 0 Å². The molecule has 0 radical (unpaired) electrons. The lowest BCUT2D eigenvalue weighted by Gasteiger charge is -2.12. The van der Waals surface area contributed by atoms with Crippen LogP contribution in [-0.4, -0.2) is 11.1 Å². The van der Waals surface area contributed by atoms with Crippen LogP contribution in [0.2, 0.25) is 5.02 Å². The van der Waals surface area contributed by atoms with Crippen molar-refractivity contribution in [3.63, 3.8) is 0 Å². The van der Waals surface area contributed by atoms with Crippen molar-refractivity contribution in [1.29, 1.82) is 0 Å². The van der Waals surface area contributed by atoms with Gasteiger partial charge >= 0.3 is 5.97 Å². The lowest BCUT2D eigenvalue weighted by molar-refractivity contribution is -0.131. The Morgan fingerprint density at radius 1 is 1.19 bits per heavy atom. The van der Waals surface area contributed by atoms with E-state index in [1.165, 1.54) is 17.2 Å². The molecule has 0 saturated carbocycles. The molecule has 0 bridgehead atoms. The molecule has 1 aliphatic rings. The average molecular weight is 299 g/mol. The molecule has 2 aromatic carbocycles. The van der Waals surface area contributed by atoms with E-state index < -0.39 is 5.97 Å². The van der Waals surface area contributed by atoms with E-state index in [-0.39, 0.29) is 5.92 Å². The van der Waals surface area contributed by atoms with Gasteiger partial charge in [-0.1, -0.05) is 48.0 Å². The van der Waals surface area contributed by atoms with Crippen LogP contribution in [0.1, 0.15) is 16.7 Å². The Labute approximate surface area is 128 Å². The number of carboxylic acids is 1. The Balaban J connectivity index is 1.92. The van der Waals surface area contributed by atoms with E-state index in [9.17, 15) is 4.79 Å². The molecule has 0 spiro atoms. The highest BCUT2D eigenvalue weighted by Crippen LogP contribution is 2.38. The molecule has 3 rings (SSSR count). The fourth-order valence-corrected chi connectivity index (χ4v) is 3.12. The minimum atomic E-state index is -0.886. The molecule has 1 unspecified atom stereocenters. The van der Waals surface area contributed by atoms with Crippen LogP contribution in [0.5, 0.6) is 0 Å². The zero-order valence-electron chi connectivity index (χ0n) is 11.4. The molecule has 0 saturated heterocycles. The van der Waals surface area contributed by atoms with Crippen LogP contribution in [-0.2, 0) is 17.6 Å². The number of hydrogen-bond donors (Lipinski definition) is 1. The highest BCUT2D eigenvalue weighted by molar-refractivity contribution is 6.30. The number of carbonyl (C=O) groups is 1. The SMILES string of the molecule is O=C(O)/C=C1\c2ccccc2CC1Cc1ccc(Cl)cc1. The van der Waals surface area contributed by atoms with Gasteiger partial charge in [0, 0.05) is 11.1 Å². The molecule has 0 fully saturated rings. The molecule has 2 aromatic rings. The summed E-state index contributed by atoms with van der Waals surface area (Å²) < 4.78 is 0. The molecule has 1 N–H and O–H groups in total. The fraction of sp³-hybridized carbons (Fsp3) is 0.167. The van der Waals surface area contributed by atoms with Crippen LogP contribution < -0.4 is 0 Å². The number of fused-ring (bicyclic) bond motifs is 1. The van der Waals surface area contributed by atoms with Crippen molar-refractivity contribution < 1.29 is 9.90 Å². The molecule has 106 valence electrons. The Morgan fingerprint density at radius 3 is 2.62 bits per heavy atom. The maximum atomic E-state index is 11.1. The van der Waals surface area contributed by atoms with E-state index in [1.807, 2.05) is 42.5 Å². The summed E-state index contributed by atoms with van der Waals surface area (Å²) in [5.41, 5.74) is 4.39. The quantitative estimate of drug-likeness (QED) is 0.861. The van der Waals surface area contributed by atoms with Gasteiger partial charge in [-0.05, 0) is 53.2 Å². The molecule has 2 nitrogen and oxygen atoms in total. The van der Waals surface area contributed by atoms with Gasteiger partial charge in [0.1, 0.15) is 0 Å². The molecular weight excluding hydrogens is 284 g/mol. The van der Waals surface area contributed by atoms with Crippen LogP contribution in [0.3, 0.4) is 0 Å². The topological polar surface area (TPSA) is 37.3 Å². The summed E-state index contributed by atoms with van der Waals surface area (Å²) >= 11 is 5.91. The van der Waals surface area contributed by atoms with Gasteiger partial charge < -0.3 is 5.11 Å². The largest absolute Gasteiger partial charge is 0.478 e. The Bertz CT molecular complexity index is 701. The second-order valence-corrected chi connectivity index (χ2v) is 5.76. The molecule has 1 atom stereocenters. The number of allylic oxidation sites excluding steroid dienone is 1. The third-order valence-electron chi connectivity index (χ3n) is 3.91. The van der Waals surface area contributed by atoms with Gasteiger partial charge in [0.25, 0.3) is 0 Å². The molecule has 1 aliphatic carbocycles. The maximum absolute atomic E-state index is 11.1. The third-order valence-corrected chi connectivity index (χ3v) is 4.16. The fourth-order valence-electron chi connectivity index (χ4n) is 2.99. The molecule has 3 heteroatoms. The highest BCUT2D eigenvalue weighted by atomic mass is 35.5. The molecule has 0 aromatic heterocycles. The third kappa shape index (κ3) is 3.01. The first-order valence-corrected chi connectivity index (χ1v) is 7.28. The monoisotopic (exact) mass is 298 g/mol. The van der Waals surface area contributed by atoms with Crippen molar-refractivity contribution in [2.75, 3.05) is 0 Å². The number of aliphatic carboxylic acids is 1. The number of halogens is 1. The zero-order valence-corrected chi connectivity index (χ0v) is 12.2. The van der Waals surface area contributed by atoms with Gasteiger partial charge in [-0.25, -0.2) is 4.79 Å². The lowest BCUT2D eigenvalue weighted by Crippen LogP contribution is -2.05. The zero-order chi connectivity index (χ0) is 14.8. The number of carboxylic acid groups (broad SMARTS) is 1. The van der Waals surface area contributed by atoms with Crippen LogP contribution in [0, 0.1) is 5.92 Å². The number of benzene rings is 2. The molecule has 0 heterocycles. The Hall–Kier alpha value is -2.06. The van der Waals surface area contributed by atoms with Gasteiger partial charge in [-0.15, -0.1) is 0 Å². The number of rotatable bonds is 3. The summed E-state index contributed by atoms with van der Waals surface area (Å²) in [5.74, 6) is -0.678. The van der Waals surface area contributed by atoms with Crippen LogP contribution in [0.25, 0.3) is 5.57 Å². The standard InChI is InChI=1S/C18H15ClO2/c19-15-7-5-12(6-8-15)9-14-10-13-3-1-2-4-16(13)17(14)11-18(20)21/h1-8,11,14H,9-10H2,(H,20,21)/b17-11-. The molecule has 0 amide bonds. The van der Waals surface area contributed by atoms with E-state index in [4.69, 9.17) is 16.7 Å². The van der Waals surface area contributed by atoms with Crippen LogP contribution in [0.4, 0.5) is 0 Å². The molecule has 0 aliphatic heterocycles. The summed E-state index contributed by atoms with van der Waals surface area (Å²) in [5, 5.41) is 9.84. The Morgan fingerprint density at radius 2 is 1.90 bits per heavy atom. The second-order valence-electron chi connectivity index (χ2n) is 5.33. The summed E-state index contributed by atoms with van der Waals surface area (Å²) in [6.07, 6.45) is 3.06. The molecular formula is C18H15ClO2. The first-order chi connectivity index (χ1) is 10.1. The average Bonchev–Trinajstić information content (AvgIpc) is 2.79. The van der Waals surface area contributed by atoms with Crippen molar-refractivity contribution in [2.45, 2.75) is 12.8 Å². The van der Waals surface area contributed by atoms with E-state index in [0.717, 1.165) is 29.0 Å². The maximum Gasteiger partial charge on any atom is 0.328 e. The van der Waals surface area contributed by atoms with Crippen molar-refractivity contribution in [2.24, 2.45) is 5.92 Å². The lowest BCUT2D eigenvalue weighted by atomic mass is 9.92. The number of hydrogen-bond acceptors (Lipinski definition) is 1. The first kappa shape index (κ1) is 13.9. The molecule has 21 heavy (non-hydrogen) atoms. The van der Waals surface area contributed by atoms with Crippen molar-refractivity contribution in [3.05, 3.63) is 76.3 Å². The normalized spacial score (nSPS) is 18.7. The second kappa shape index (κ2) is 5.74. The first-order valence-electron chi connectivity index (χ1n) is 6.91. The van der Waals surface area contributed by atoms with Gasteiger partial charge in [0.05, 0.1) is 0 Å². The summed E-state index contributed by atoms with van der Waals surface area (Å²) in [4.78, 5) is 11.1. The van der Waals surface area contributed by atoms with E-state index in [0.29, 0.717) is 0 Å². The van der Waals surface area contributed by atoms with Crippen molar-refractivity contribution >= 4 is 23.1 Å². The minimum Gasteiger partial charge on any atom is -0.478 e. The van der Waals surface area contributed by atoms with Crippen molar-refractivity contribution in [3.8, 4) is 0 Å². The van der Waals surface area contributed by atoms with Crippen molar-refractivity contribution in [1.82, 2.24) is 0 Å². The highest BCUT2D eigenvalue weighted by Gasteiger charge is 2.27. The van der Waals surface area contributed by atoms with E-state index in [1.54, 1.807) is 0 Å². The minimum absolute atomic E-state index is 0.208. The predicted molar refractivity (Wildman–Crippen MR) is 84.4 cm³/mol. The van der Waals surface area contributed by atoms with Gasteiger partial charge in [-0.3, -0.25) is 0 Å². The smallest absolute Gasteiger partial charge is 0.328 e. The van der Waals surface area contributed by atoms with E-state index >= 15 is 0 Å². The summed E-state index contributed by atoms with van der Waals surface area (Å²) in [6.45, 7) is 0. The summed E-state index contributed by atoms with van der Waals surface area (Å²) in [7, 11) is 0. The van der Waals surface area contributed by atoms with Gasteiger partial charge in [0.15, 0.2) is 0 Å². The van der Waals surface area contributed by atoms with E-state index in [2.05, 4.69) is 6.07 Å². The predicted octanol–water partition coefficient (Wildman–Crippen LogP) is 4.22. The van der Waals surface area contributed by atoms with Gasteiger partial charge in [0.2, 0.25) is 0 Å². The van der Waals surface area contributed by atoms with Crippen LogP contribution in [0.15, 0.2) is 54.6 Å². The van der Waals surface area contributed by atoms with Crippen LogP contribution >= 0.6 is 11.6 Å².